The third kappa shape index (κ3) is 2.81. The van der Waals surface area contributed by atoms with Crippen molar-refractivity contribution < 1.29 is 0 Å². The molecular formula is C15H20N2S. The van der Waals surface area contributed by atoms with E-state index >= 15 is 0 Å². The maximum absolute atomic E-state index is 8.94. The SMILES string of the molecule is CN(CC1(CS)CCCC1)c1cccc(C#N)c1. The van der Waals surface area contributed by atoms with Gasteiger partial charge in [0.15, 0.2) is 0 Å². The van der Waals surface area contributed by atoms with Gasteiger partial charge in [0.05, 0.1) is 11.6 Å². The molecule has 0 saturated heterocycles. The quantitative estimate of drug-likeness (QED) is 0.839. The molecule has 0 heterocycles. The zero-order valence-corrected chi connectivity index (χ0v) is 11.8. The molecule has 0 aliphatic heterocycles. The van der Waals surface area contributed by atoms with Gasteiger partial charge in [-0.3, -0.25) is 0 Å². The fourth-order valence-corrected chi connectivity index (χ4v) is 3.31. The Morgan fingerprint density at radius 3 is 2.72 bits per heavy atom. The number of hydrogen-bond donors (Lipinski definition) is 1. The highest BCUT2D eigenvalue weighted by Gasteiger charge is 2.33. The van der Waals surface area contributed by atoms with Gasteiger partial charge in [-0.15, -0.1) is 0 Å². The van der Waals surface area contributed by atoms with Crippen LogP contribution in [-0.2, 0) is 0 Å². The van der Waals surface area contributed by atoms with Gasteiger partial charge in [0.1, 0.15) is 0 Å². The minimum absolute atomic E-state index is 0.362. The molecule has 96 valence electrons. The smallest absolute Gasteiger partial charge is 0.0992 e. The van der Waals surface area contributed by atoms with Crippen molar-refractivity contribution in [2.24, 2.45) is 5.41 Å². The Labute approximate surface area is 115 Å². The number of rotatable bonds is 4. The maximum atomic E-state index is 8.94. The zero-order valence-electron chi connectivity index (χ0n) is 10.9. The molecule has 3 heteroatoms. The molecule has 0 atom stereocenters. The molecule has 2 rings (SSSR count). The summed E-state index contributed by atoms with van der Waals surface area (Å²) in [7, 11) is 2.11. The average Bonchev–Trinajstić information content (AvgIpc) is 2.88. The summed E-state index contributed by atoms with van der Waals surface area (Å²) < 4.78 is 0. The Hall–Kier alpha value is -1.14. The van der Waals surface area contributed by atoms with Gasteiger partial charge in [-0.1, -0.05) is 18.9 Å². The van der Waals surface area contributed by atoms with E-state index in [9.17, 15) is 0 Å². The number of thiol groups is 1. The highest BCUT2D eigenvalue weighted by atomic mass is 32.1. The molecule has 0 radical (unpaired) electrons. The van der Waals surface area contributed by atoms with E-state index in [0.29, 0.717) is 5.41 Å². The van der Waals surface area contributed by atoms with Gasteiger partial charge in [-0.05, 0) is 42.2 Å². The minimum atomic E-state index is 0.362. The molecule has 1 aliphatic carbocycles. The molecule has 0 bridgehead atoms. The highest BCUT2D eigenvalue weighted by Crippen LogP contribution is 2.40. The Morgan fingerprint density at radius 2 is 2.11 bits per heavy atom. The zero-order chi connectivity index (χ0) is 13.0. The monoisotopic (exact) mass is 260 g/mol. The number of anilines is 1. The van der Waals surface area contributed by atoms with Crippen LogP contribution in [0.4, 0.5) is 5.69 Å². The fraction of sp³-hybridized carbons (Fsp3) is 0.533. The van der Waals surface area contributed by atoms with Crippen LogP contribution in [-0.4, -0.2) is 19.3 Å². The Bertz CT molecular complexity index is 444. The molecule has 1 aromatic carbocycles. The van der Waals surface area contributed by atoms with Crippen LogP contribution in [0.5, 0.6) is 0 Å². The predicted octanol–water partition coefficient (Wildman–Crippen LogP) is 3.48. The normalized spacial score (nSPS) is 17.4. The third-order valence-electron chi connectivity index (χ3n) is 3.99. The summed E-state index contributed by atoms with van der Waals surface area (Å²) in [5, 5.41) is 8.94. The molecule has 0 aromatic heterocycles. The Kier molecular flexibility index (Phi) is 4.19. The van der Waals surface area contributed by atoms with E-state index in [4.69, 9.17) is 5.26 Å². The predicted molar refractivity (Wildman–Crippen MR) is 79.2 cm³/mol. The lowest BCUT2D eigenvalue weighted by atomic mass is 9.88. The number of nitrogens with zero attached hydrogens (tertiary/aromatic N) is 2. The number of benzene rings is 1. The first kappa shape index (κ1) is 13.3. The van der Waals surface area contributed by atoms with Crippen LogP contribution in [0.2, 0.25) is 0 Å². The van der Waals surface area contributed by atoms with Gasteiger partial charge in [0.25, 0.3) is 0 Å². The molecular weight excluding hydrogens is 240 g/mol. The van der Waals surface area contributed by atoms with Gasteiger partial charge < -0.3 is 4.90 Å². The topological polar surface area (TPSA) is 27.0 Å². The van der Waals surface area contributed by atoms with Gasteiger partial charge in [-0.25, -0.2) is 0 Å². The number of hydrogen-bond acceptors (Lipinski definition) is 3. The largest absolute Gasteiger partial charge is 0.374 e. The second-order valence-electron chi connectivity index (χ2n) is 5.38. The molecule has 0 unspecified atom stereocenters. The molecule has 0 spiro atoms. The van der Waals surface area contributed by atoms with Crippen molar-refractivity contribution in [2.75, 3.05) is 24.2 Å². The van der Waals surface area contributed by atoms with Crippen molar-refractivity contribution in [3.8, 4) is 6.07 Å². The summed E-state index contributed by atoms with van der Waals surface area (Å²) in [5.41, 5.74) is 2.22. The van der Waals surface area contributed by atoms with Crippen molar-refractivity contribution in [1.29, 1.82) is 5.26 Å². The molecule has 0 N–H and O–H groups in total. The van der Waals surface area contributed by atoms with E-state index in [1.165, 1.54) is 25.7 Å². The molecule has 1 fully saturated rings. The van der Waals surface area contributed by atoms with Crippen LogP contribution >= 0.6 is 12.6 Å². The Balaban J connectivity index is 2.11. The van der Waals surface area contributed by atoms with Crippen LogP contribution < -0.4 is 4.90 Å². The van der Waals surface area contributed by atoms with Crippen molar-refractivity contribution in [2.45, 2.75) is 25.7 Å². The molecule has 1 saturated carbocycles. The number of nitriles is 1. The van der Waals surface area contributed by atoms with E-state index in [1.807, 2.05) is 18.2 Å². The first-order chi connectivity index (χ1) is 8.69. The maximum Gasteiger partial charge on any atom is 0.0992 e. The van der Waals surface area contributed by atoms with Gasteiger partial charge in [-0.2, -0.15) is 17.9 Å². The fourth-order valence-electron chi connectivity index (χ4n) is 2.90. The van der Waals surface area contributed by atoms with Gasteiger partial charge in [0.2, 0.25) is 0 Å². The van der Waals surface area contributed by atoms with Gasteiger partial charge in [0, 0.05) is 19.3 Å². The lowest BCUT2D eigenvalue weighted by Gasteiger charge is -2.33. The van der Waals surface area contributed by atoms with Crippen molar-refractivity contribution >= 4 is 18.3 Å². The summed E-state index contributed by atoms with van der Waals surface area (Å²) >= 11 is 4.55. The first-order valence-electron chi connectivity index (χ1n) is 6.51. The summed E-state index contributed by atoms with van der Waals surface area (Å²) in [6, 6.07) is 10.0. The minimum Gasteiger partial charge on any atom is -0.374 e. The van der Waals surface area contributed by atoms with E-state index in [-0.39, 0.29) is 0 Å². The van der Waals surface area contributed by atoms with E-state index in [2.05, 4.69) is 36.7 Å². The standard InChI is InChI=1S/C15H20N2S/c1-17(11-15(12-18)7-2-3-8-15)14-6-4-5-13(9-14)10-16/h4-6,9,18H,2-3,7-8,11-12H2,1H3. The summed E-state index contributed by atoms with van der Waals surface area (Å²) in [6.07, 6.45) is 5.21. The van der Waals surface area contributed by atoms with E-state index < -0.39 is 0 Å². The molecule has 1 aliphatic rings. The Morgan fingerprint density at radius 1 is 1.39 bits per heavy atom. The summed E-state index contributed by atoms with van der Waals surface area (Å²) in [5.74, 6) is 0.954. The van der Waals surface area contributed by atoms with Gasteiger partial charge >= 0.3 is 0 Å². The van der Waals surface area contributed by atoms with E-state index in [1.54, 1.807) is 0 Å². The van der Waals surface area contributed by atoms with E-state index in [0.717, 1.165) is 23.5 Å². The second kappa shape index (κ2) is 5.67. The van der Waals surface area contributed by atoms with Crippen molar-refractivity contribution in [3.63, 3.8) is 0 Å². The van der Waals surface area contributed by atoms with Crippen LogP contribution in [0.3, 0.4) is 0 Å². The molecule has 18 heavy (non-hydrogen) atoms. The van der Waals surface area contributed by atoms with Crippen LogP contribution in [0, 0.1) is 16.7 Å². The lowest BCUT2D eigenvalue weighted by molar-refractivity contribution is 0.354. The molecule has 1 aromatic rings. The highest BCUT2D eigenvalue weighted by molar-refractivity contribution is 7.80. The molecule has 0 amide bonds. The summed E-state index contributed by atoms with van der Waals surface area (Å²) in [4.78, 5) is 2.27. The molecule has 2 nitrogen and oxygen atoms in total. The first-order valence-corrected chi connectivity index (χ1v) is 7.14. The van der Waals surface area contributed by atoms with Crippen molar-refractivity contribution in [1.82, 2.24) is 0 Å². The van der Waals surface area contributed by atoms with Crippen molar-refractivity contribution in [3.05, 3.63) is 29.8 Å². The van der Waals surface area contributed by atoms with Crippen LogP contribution in [0.25, 0.3) is 0 Å². The van der Waals surface area contributed by atoms with Crippen LogP contribution in [0.1, 0.15) is 31.2 Å². The second-order valence-corrected chi connectivity index (χ2v) is 5.70. The van der Waals surface area contributed by atoms with Crippen LogP contribution in [0.15, 0.2) is 24.3 Å². The summed E-state index contributed by atoms with van der Waals surface area (Å²) in [6.45, 7) is 1.03. The third-order valence-corrected chi connectivity index (χ3v) is 4.66. The average molecular weight is 260 g/mol. The lowest BCUT2D eigenvalue weighted by Crippen LogP contribution is -2.35.